The van der Waals surface area contributed by atoms with E-state index in [0.717, 1.165) is 36.0 Å². The van der Waals surface area contributed by atoms with Gasteiger partial charge in [-0.05, 0) is 54.2 Å². The van der Waals surface area contributed by atoms with Gasteiger partial charge in [0.05, 0.1) is 12.6 Å². The summed E-state index contributed by atoms with van der Waals surface area (Å²) in [6.45, 7) is 0.908. The van der Waals surface area contributed by atoms with E-state index in [1.807, 2.05) is 54.6 Å². The van der Waals surface area contributed by atoms with E-state index in [4.69, 9.17) is 4.74 Å². The number of carbonyl (C=O) groups excluding carboxylic acids is 4. The summed E-state index contributed by atoms with van der Waals surface area (Å²) in [7, 11) is 0. The lowest BCUT2D eigenvalue weighted by Gasteiger charge is -2.35. The third kappa shape index (κ3) is 5.31. The molecule has 4 aliphatic rings. The topological polar surface area (TPSA) is 125 Å². The van der Waals surface area contributed by atoms with E-state index in [1.165, 1.54) is 0 Å². The summed E-state index contributed by atoms with van der Waals surface area (Å²) in [6, 6.07) is 22.4. The second kappa shape index (κ2) is 12.5. The molecule has 5 atom stereocenters. The molecule has 46 heavy (non-hydrogen) atoms. The van der Waals surface area contributed by atoms with Gasteiger partial charge in [0.25, 0.3) is 5.91 Å². The summed E-state index contributed by atoms with van der Waals surface area (Å²) in [5.74, 6) is -1.77. The van der Waals surface area contributed by atoms with Crippen molar-refractivity contribution in [1.82, 2.24) is 15.5 Å². The van der Waals surface area contributed by atoms with Crippen LogP contribution >= 0.6 is 0 Å². The largest absolute Gasteiger partial charge is 0.372 e. The molecule has 9 nitrogen and oxygen atoms in total. The van der Waals surface area contributed by atoms with Crippen LogP contribution in [0.25, 0.3) is 11.1 Å². The van der Waals surface area contributed by atoms with Gasteiger partial charge in [0, 0.05) is 30.1 Å². The molecule has 9 heteroatoms. The number of hydrogen-bond acceptors (Lipinski definition) is 6. The molecule has 7 rings (SSSR count). The molecule has 2 saturated heterocycles. The van der Waals surface area contributed by atoms with Crippen LogP contribution in [0, 0.1) is 17.8 Å². The van der Waals surface area contributed by atoms with E-state index in [1.54, 1.807) is 29.2 Å². The second-order valence-corrected chi connectivity index (χ2v) is 13.1. The highest BCUT2D eigenvalue weighted by Gasteiger charge is 2.57. The van der Waals surface area contributed by atoms with E-state index in [-0.39, 0.29) is 43.2 Å². The molecule has 3 aromatic rings. The van der Waals surface area contributed by atoms with Crippen LogP contribution in [0.5, 0.6) is 0 Å². The Kier molecular flexibility index (Phi) is 8.21. The smallest absolute Gasteiger partial charge is 0.264 e. The Bertz CT molecular complexity index is 1610. The van der Waals surface area contributed by atoms with Crippen molar-refractivity contribution in [2.45, 2.75) is 56.4 Å². The van der Waals surface area contributed by atoms with E-state index < -0.39 is 35.4 Å². The van der Waals surface area contributed by atoms with Crippen molar-refractivity contribution in [3.05, 3.63) is 95.6 Å². The summed E-state index contributed by atoms with van der Waals surface area (Å²) < 4.78 is 5.74. The van der Waals surface area contributed by atoms with E-state index in [9.17, 15) is 24.3 Å². The highest BCUT2D eigenvalue weighted by atomic mass is 16.5. The van der Waals surface area contributed by atoms with Crippen LogP contribution in [0.3, 0.4) is 0 Å². The summed E-state index contributed by atoms with van der Waals surface area (Å²) in [5.41, 5.74) is 1.59. The van der Waals surface area contributed by atoms with Crippen LogP contribution in [0.1, 0.15) is 48.8 Å². The van der Waals surface area contributed by atoms with Crippen LogP contribution in [0.4, 0.5) is 0 Å². The molecule has 1 saturated carbocycles. The quantitative estimate of drug-likeness (QED) is 0.319. The van der Waals surface area contributed by atoms with Crippen LogP contribution in [-0.2, 0) is 36.1 Å². The van der Waals surface area contributed by atoms with Crippen molar-refractivity contribution in [1.29, 1.82) is 0 Å². The molecule has 3 amide bonds. The molecule has 2 heterocycles. The number of carbonyl (C=O) groups is 4. The van der Waals surface area contributed by atoms with Crippen LogP contribution in [-0.4, -0.2) is 65.3 Å². The molecule has 3 N–H and O–H groups in total. The normalized spacial score (nSPS) is 24.5. The Morgan fingerprint density at radius 3 is 2.28 bits per heavy atom. The molecule has 0 spiro atoms. The zero-order valence-electron chi connectivity index (χ0n) is 25.7. The highest BCUT2D eigenvalue weighted by molar-refractivity contribution is 6.01. The maximum absolute atomic E-state index is 14.6. The first-order chi connectivity index (χ1) is 22.4. The summed E-state index contributed by atoms with van der Waals surface area (Å²) in [6.07, 6.45) is 3.36. The van der Waals surface area contributed by atoms with Crippen LogP contribution < -0.4 is 10.6 Å². The zero-order valence-corrected chi connectivity index (χ0v) is 25.7. The average Bonchev–Trinajstić information content (AvgIpc) is 3.84. The summed E-state index contributed by atoms with van der Waals surface area (Å²) >= 11 is 0. The molecule has 2 aliphatic heterocycles. The SMILES string of the molecule is O=C1NCC[C@H]1C[C@H](NC(=O)[C@@H]1[C@H]2CCC[C@H]2CN1C(=O)C1(O)c2ccccc2-c2ccccc21)C(=O)COCc1ccccc1. The first-order valence-electron chi connectivity index (χ1n) is 16.3. The fourth-order valence-electron chi connectivity index (χ4n) is 8.13. The Balaban J connectivity index is 1.15. The highest BCUT2D eigenvalue weighted by Crippen LogP contribution is 2.50. The molecule has 3 aromatic carbocycles. The molecular formula is C37H39N3O6. The number of hydrogen-bond donors (Lipinski definition) is 3. The molecule has 238 valence electrons. The van der Waals surface area contributed by atoms with Crippen molar-refractivity contribution in [2.24, 2.45) is 17.8 Å². The summed E-state index contributed by atoms with van der Waals surface area (Å²) in [4.78, 5) is 56.5. The fraction of sp³-hybridized carbons (Fsp3) is 0.405. The van der Waals surface area contributed by atoms with Gasteiger partial charge >= 0.3 is 0 Å². The third-order valence-electron chi connectivity index (χ3n) is 10.4. The number of aliphatic hydroxyl groups is 1. The number of nitrogens with one attached hydrogen (secondary N) is 2. The number of benzene rings is 3. The van der Waals surface area contributed by atoms with Crippen LogP contribution in [0.2, 0.25) is 0 Å². The number of ketones is 1. The third-order valence-corrected chi connectivity index (χ3v) is 10.4. The Morgan fingerprint density at radius 2 is 1.61 bits per heavy atom. The van der Waals surface area contributed by atoms with Crippen molar-refractivity contribution >= 4 is 23.5 Å². The number of nitrogens with zero attached hydrogens (tertiary/aromatic N) is 1. The van der Waals surface area contributed by atoms with Gasteiger partial charge in [-0.25, -0.2) is 0 Å². The number of fused-ring (bicyclic) bond motifs is 4. The number of rotatable bonds is 10. The predicted molar refractivity (Wildman–Crippen MR) is 170 cm³/mol. The first kappa shape index (κ1) is 30.3. The molecule has 0 radical (unpaired) electrons. The van der Waals surface area contributed by atoms with Gasteiger partial charge in [-0.2, -0.15) is 0 Å². The minimum atomic E-state index is -1.94. The predicted octanol–water partition coefficient (Wildman–Crippen LogP) is 3.33. The van der Waals surface area contributed by atoms with Crippen molar-refractivity contribution in [2.75, 3.05) is 19.7 Å². The first-order valence-corrected chi connectivity index (χ1v) is 16.3. The lowest BCUT2D eigenvalue weighted by Crippen LogP contribution is -2.57. The Labute approximate surface area is 268 Å². The van der Waals surface area contributed by atoms with Gasteiger partial charge in [-0.1, -0.05) is 85.3 Å². The second-order valence-electron chi connectivity index (χ2n) is 13.1. The zero-order chi connectivity index (χ0) is 31.8. The van der Waals surface area contributed by atoms with Gasteiger partial charge in [0.2, 0.25) is 11.8 Å². The number of Topliss-reactive ketones (excluding diaryl/α,β-unsaturated/α-hetero) is 1. The maximum Gasteiger partial charge on any atom is 0.264 e. The number of ether oxygens (including phenoxy) is 1. The molecular weight excluding hydrogens is 582 g/mol. The van der Waals surface area contributed by atoms with Gasteiger partial charge in [0.1, 0.15) is 12.6 Å². The maximum atomic E-state index is 14.6. The van der Waals surface area contributed by atoms with E-state index in [2.05, 4.69) is 10.6 Å². The Morgan fingerprint density at radius 1 is 0.935 bits per heavy atom. The summed E-state index contributed by atoms with van der Waals surface area (Å²) in [5, 5.41) is 18.1. The molecule has 0 unspecified atom stereocenters. The van der Waals surface area contributed by atoms with Gasteiger partial charge in [-0.15, -0.1) is 0 Å². The monoisotopic (exact) mass is 621 g/mol. The minimum Gasteiger partial charge on any atom is -0.372 e. The Hall–Kier alpha value is -4.34. The standard InChI is InChI=1S/C37H39N3O6/c41-32(22-46-21-23-9-2-1-3-10-23)31(19-24-17-18-38-34(24)42)39-35(43)33-26-14-8-11-25(26)20-40(33)36(44)37(45)29-15-6-4-12-27(29)28-13-5-7-16-30(28)37/h1-7,9-10,12-13,15-16,24-26,31,33,45H,8,11,14,17-22H2,(H,38,42)(H,39,43)/t24-,25-,26-,31-,33-/m0/s1. The van der Waals surface area contributed by atoms with Crippen molar-refractivity contribution in [3.8, 4) is 11.1 Å². The number of amides is 3. The van der Waals surface area contributed by atoms with E-state index in [0.29, 0.717) is 30.6 Å². The fourth-order valence-corrected chi connectivity index (χ4v) is 8.13. The van der Waals surface area contributed by atoms with Crippen molar-refractivity contribution in [3.63, 3.8) is 0 Å². The van der Waals surface area contributed by atoms with Crippen molar-refractivity contribution < 1.29 is 29.0 Å². The van der Waals surface area contributed by atoms with Crippen LogP contribution in [0.15, 0.2) is 78.9 Å². The van der Waals surface area contributed by atoms with Gasteiger partial charge in [0.15, 0.2) is 11.4 Å². The molecule has 0 bridgehead atoms. The molecule has 0 aromatic heterocycles. The molecule has 3 fully saturated rings. The number of likely N-dealkylation sites (tertiary alicyclic amines) is 1. The lowest BCUT2D eigenvalue weighted by atomic mass is 9.88. The average molecular weight is 622 g/mol. The van der Waals surface area contributed by atoms with Gasteiger partial charge < -0.3 is 25.4 Å². The lowest BCUT2D eigenvalue weighted by molar-refractivity contribution is -0.152. The molecule has 2 aliphatic carbocycles. The van der Waals surface area contributed by atoms with Gasteiger partial charge in [-0.3, -0.25) is 19.2 Å². The minimum absolute atomic E-state index is 0.0840. The van der Waals surface area contributed by atoms with E-state index >= 15 is 0 Å².